The molecule has 3 rings (SSSR count). The summed E-state index contributed by atoms with van der Waals surface area (Å²) >= 11 is 0. The quantitative estimate of drug-likeness (QED) is 0.533. The highest BCUT2D eigenvalue weighted by Gasteiger charge is 2.33. The maximum absolute atomic E-state index is 12.7. The fourth-order valence-electron chi connectivity index (χ4n) is 3.61. The minimum Gasteiger partial charge on any atom is -0.396 e. The van der Waals surface area contributed by atoms with Crippen LogP contribution in [0.3, 0.4) is 0 Å². The summed E-state index contributed by atoms with van der Waals surface area (Å²) in [5, 5.41) is 14.9. The molecule has 2 aromatic carbocycles. The molecule has 2 aromatic rings. The van der Waals surface area contributed by atoms with Gasteiger partial charge in [0.1, 0.15) is 0 Å². The number of aryl methyl sites for hydroxylation is 1. The molecule has 1 heterocycles. The predicted octanol–water partition coefficient (Wildman–Crippen LogP) is 5.21. The molecule has 5 nitrogen and oxygen atoms in total. The second-order valence-corrected chi connectivity index (χ2v) is 7.19. The van der Waals surface area contributed by atoms with Crippen molar-refractivity contribution >= 4 is 28.6 Å². The molecule has 1 aliphatic rings. The number of anilines is 1. The summed E-state index contributed by atoms with van der Waals surface area (Å²) < 4.78 is 0. The van der Waals surface area contributed by atoms with E-state index in [1.165, 1.54) is 0 Å². The van der Waals surface area contributed by atoms with Gasteiger partial charge in [0.05, 0.1) is 11.1 Å². The van der Waals surface area contributed by atoms with Gasteiger partial charge in [0.15, 0.2) is 0 Å². The fourth-order valence-corrected chi connectivity index (χ4v) is 3.61. The predicted molar refractivity (Wildman–Crippen MR) is 132 cm³/mol. The third-order valence-corrected chi connectivity index (χ3v) is 5.05. The van der Waals surface area contributed by atoms with E-state index in [-0.39, 0.29) is 21.4 Å². The largest absolute Gasteiger partial charge is 0.396 e. The van der Waals surface area contributed by atoms with Crippen LogP contribution in [0.1, 0.15) is 53.7 Å². The van der Waals surface area contributed by atoms with Gasteiger partial charge in [-0.15, -0.1) is 0 Å². The standard InChI is InChI=1S/C24H26N2O3.C2H6.2H2/c1-4-19(20-11-6-5-8-15(20)2)22-21(23(28)26-24(22)29)17-9-7-10-18(14-17)25-16(3)12-13-27;1-2;;/h4-11,14,16,25,27H,12-13H2,1-3H3,(H,26,28,29);1-2H3;2*1H/b19-4+;;;. The van der Waals surface area contributed by atoms with Crippen molar-refractivity contribution in [2.24, 2.45) is 0 Å². The first-order chi connectivity index (χ1) is 15.0. The van der Waals surface area contributed by atoms with Gasteiger partial charge in [-0.25, -0.2) is 0 Å². The van der Waals surface area contributed by atoms with Crippen molar-refractivity contribution in [2.75, 3.05) is 11.9 Å². The number of hydrogen-bond acceptors (Lipinski definition) is 4. The van der Waals surface area contributed by atoms with Crippen LogP contribution in [0.25, 0.3) is 11.1 Å². The van der Waals surface area contributed by atoms with E-state index in [1.807, 2.05) is 89.2 Å². The number of allylic oxidation sites excluding steroid dienone is 1. The van der Waals surface area contributed by atoms with E-state index >= 15 is 0 Å². The number of aliphatic hydroxyl groups excluding tert-OH is 1. The third kappa shape index (κ3) is 5.50. The second kappa shape index (κ2) is 11.3. The first kappa shape index (κ1) is 24.1. The van der Waals surface area contributed by atoms with E-state index in [2.05, 4.69) is 10.6 Å². The summed E-state index contributed by atoms with van der Waals surface area (Å²) in [5.74, 6) is -0.771. The highest BCUT2D eigenvalue weighted by atomic mass is 16.3. The van der Waals surface area contributed by atoms with Crippen LogP contribution in [-0.4, -0.2) is 29.6 Å². The van der Waals surface area contributed by atoms with Crippen molar-refractivity contribution in [1.82, 2.24) is 5.32 Å². The van der Waals surface area contributed by atoms with Crippen LogP contribution in [0.4, 0.5) is 5.69 Å². The zero-order valence-corrected chi connectivity index (χ0v) is 19.0. The van der Waals surface area contributed by atoms with Gasteiger partial charge in [0.25, 0.3) is 11.8 Å². The summed E-state index contributed by atoms with van der Waals surface area (Å²) in [6.45, 7) is 9.94. The van der Waals surface area contributed by atoms with Gasteiger partial charge in [0, 0.05) is 21.2 Å². The number of hydrogen-bond donors (Lipinski definition) is 3. The van der Waals surface area contributed by atoms with Gasteiger partial charge >= 0.3 is 0 Å². The lowest BCUT2D eigenvalue weighted by Gasteiger charge is -2.15. The van der Waals surface area contributed by atoms with Crippen molar-refractivity contribution in [1.29, 1.82) is 0 Å². The summed E-state index contributed by atoms with van der Waals surface area (Å²) in [6.07, 6.45) is 2.49. The topological polar surface area (TPSA) is 78.4 Å². The molecule has 0 aromatic heterocycles. The third-order valence-electron chi connectivity index (χ3n) is 5.05. The van der Waals surface area contributed by atoms with Gasteiger partial charge in [-0.3, -0.25) is 14.9 Å². The molecule has 3 N–H and O–H groups in total. The second-order valence-electron chi connectivity index (χ2n) is 7.19. The SMILES string of the molecule is C/C=C(/C1=C(c2cccc(NC(C)CCO)c2)C(=O)NC1=O)c1ccccc1C.CC.[HH].[HH]. The Morgan fingerprint density at radius 3 is 2.48 bits per heavy atom. The van der Waals surface area contributed by atoms with Gasteiger partial charge in [0.2, 0.25) is 0 Å². The molecule has 31 heavy (non-hydrogen) atoms. The number of rotatable bonds is 7. The minimum absolute atomic E-state index is 0. The van der Waals surface area contributed by atoms with Crippen molar-refractivity contribution in [3.05, 3.63) is 76.9 Å². The van der Waals surface area contributed by atoms with Crippen LogP contribution >= 0.6 is 0 Å². The molecule has 2 amide bonds. The molecular formula is C26H36N2O3. The van der Waals surface area contributed by atoms with E-state index in [9.17, 15) is 9.59 Å². The number of amides is 2. The van der Waals surface area contributed by atoms with Gasteiger partial charge in [-0.1, -0.05) is 56.3 Å². The number of imide groups is 1. The molecule has 0 aliphatic carbocycles. The molecule has 1 atom stereocenters. The Morgan fingerprint density at radius 2 is 1.84 bits per heavy atom. The fraction of sp³-hybridized carbons (Fsp3) is 0.308. The number of carbonyl (C=O) groups excluding carboxylic acids is 2. The monoisotopic (exact) mass is 424 g/mol. The minimum atomic E-state index is -0.390. The van der Waals surface area contributed by atoms with Crippen LogP contribution in [0.15, 0.2) is 60.2 Å². The lowest BCUT2D eigenvalue weighted by molar-refractivity contribution is -0.123. The zero-order chi connectivity index (χ0) is 23.0. The maximum Gasteiger partial charge on any atom is 0.259 e. The molecule has 0 radical (unpaired) electrons. The van der Waals surface area contributed by atoms with Crippen LogP contribution in [0.5, 0.6) is 0 Å². The van der Waals surface area contributed by atoms with Crippen molar-refractivity contribution in [2.45, 2.75) is 47.1 Å². The van der Waals surface area contributed by atoms with Crippen molar-refractivity contribution in [3.63, 3.8) is 0 Å². The number of nitrogens with one attached hydrogen (secondary N) is 2. The molecule has 0 saturated heterocycles. The summed E-state index contributed by atoms with van der Waals surface area (Å²) in [5.41, 5.74) is 4.99. The highest BCUT2D eigenvalue weighted by Crippen LogP contribution is 2.35. The number of aliphatic hydroxyl groups is 1. The molecule has 0 spiro atoms. The zero-order valence-electron chi connectivity index (χ0n) is 19.0. The Kier molecular flexibility index (Phi) is 8.76. The Bertz CT molecular complexity index is 1020. The van der Waals surface area contributed by atoms with E-state index in [1.54, 1.807) is 0 Å². The van der Waals surface area contributed by atoms with E-state index in [4.69, 9.17) is 5.11 Å². The Morgan fingerprint density at radius 1 is 1.13 bits per heavy atom. The normalized spacial score (nSPS) is 14.7. The lowest BCUT2D eigenvalue weighted by atomic mass is 9.89. The Balaban J connectivity index is 0.00000249. The number of benzene rings is 2. The average Bonchev–Trinajstić information content (AvgIpc) is 3.05. The van der Waals surface area contributed by atoms with E-state index < -0.39 is 5.91 Å². The van der Waals surface area contributed by atoms with Gasteiger partial charge < -0.3 is 10.4 Å². The van der Waals surface area contributed by atoms with Crippen LogP contribution in [-0.2, 0) is 9.59 Å². The van der Waals surface area contributed by atoms with Gasteiger partial charge in [-0.2, -0.15) is 0 Å². The van der Waals surface area contributed by atoms with Crippen LogP contribution < -0.4 is 10.6 Å². The molecule has 1 aliphatic heterocycles. The average molecular weight is 425 g/mol. The first-order valence-corrected chi connectivity index (χ1v) is 10.8. The van der Waals surface area contributed by atoms with E-state index in [0.29, 0.717) is 23.1 Å². The summed E-state index contributed by atoms with van der Waals surface area (Å²) in [7, 11) is 0. The molecule has 0 fully saturated rings. The first-order valence-electron chi connectivity index (χ1n) is 10.8. The Hall–Kier alpha value is -3.18. The summed E-state index contributed by atoms with van der Waals surface area (Å²) in [6, 6.07) is 15.4. The van der Waals surface area contributed by atoms with Crippen LogP contribution in [0.2, 0.25) is 0 Å². The molecule has 5 heteroatoms. The molecule has 168 valence electrons. The molecule has 0 saturated carbocycles. The van der Waals surface area contributed by atoms with E-state index in [0.717, 1.165) is 22.4 Å². The molecular weight excluding hydrogens is 388 g/mol. The lowest BCUT2D eigenvalue weighted by Crippen LogP contribution is -2.23. The van der Waals surface area contributed by atoms with Crippen LogP contribution in [0, 0.1) is 6.92 Å². The van der Waals surface area contributed by atoms with Crippen molar-refractivity contribution < 1.29 is 17.5 Å². The maximum atomic E-state index is 12.7. The number of carbonyl (C=O) groups is 2. The van der Waals surface area contributed by atoms with Gasteiger partial charge in [-0.05, 0) is 61.6 Å². The highest BCUT2D eigenvalue weighted by molar-refractivity contribution is 6.40. The molecule has 1 unspecified atom stereocenters. The Labute approximate surface area is 187 Å². The summed E-state index contributed by atoms with van der Waals surface area (Å²) in [4.78, 5) is 25.4. The van der Waals surface area contributed by atoms with Crippen molar-refractivity contribution in [3.8, 4) is 0 Å². The smallest absolute Gasteiger partial charge is 0.259 e. The molecule has 0 bridgehead atoms.